The van der Waals surface area contributed by atoms with Gasteiger partial charge in [-0.2, -0.15) is 16.5 Å². The van der Waals surface area contributed by atoms with Crippen molar-refractivity contribution in [1.29, 1.82) is 0 Å². The fourth-order valence-corrected chi connectivity index (χ4v) is 3.82. The highest BCUT2D eigenvalue weighted by Crippen LogP contribution is 2.13. The summed E-state index contributed by atoms with van der Waals surface area (Å²) in [5.74, 6) is -0.291. The van der Waals surface area contributed by atoms with Gasteiger partial charge in [0, 0.05) is 5.69 Å². The first-order valence-electron chi connectivity index (χ1n) is 7.55. The van der Waals surface area contributed by atoms with E-state index in [1.807, 2.05) is 6.26 Å². The molecule has 0 fully saturated rings. The van der Waals surface area contributed by atoms with Crippen molar-refractivity contribution < 1.29 is 17.6 Å². The zero-order valence-corrected chi connectivity index (χ0v) is 15.2. The van der Waals surface area contributed by atoms with Crippen molar-refractivity contribution in [2.75, 3.05) is 17.3 Å². The van der Waals surface area contributed by atoms with E-state index in [0.717, 1.165) is 0 Å². The summed E-state index contributed by atoms with van der Waals surface area (Å²) >= 11 is 1.51. The Balaban J connectivity index is 2.14. The molecule has 0 radical (unpaired) electrons. The minimum atomic E-state index is -3.81. The van der Waals surface area contributed by atoms with E-state index < -0.39 is 27.8 Å². The van der Waals surface area contributed by atoms with Crippen molar-refractivity contribution in [3.63, 3.8) is 0 Å². The second-order valence-electron chi connectivity index (χ2n) is 5.26. The predicted molar refractivity (Wildman–Crippen MR) is 98.6 cm³/mol. The monoisotopic (exact) mass is 382 g/mol. The third kappa shape index (κ3) is 5.84. The van der Waals surface area contributed by atoms with Crippen LogP contribution in [0.25, 0.3) is 0 Å². The third-order valence-corrected chi connectivity index (χ3v) is 5.52. The lowest BCUT2D eigenvalue weighted by Gasteiger charge is -2.18. The maximum atomic E-state index is 13.0. The molecule has 0 aromatic heterocycles. The van der Waals surface area contributed by atoms with E-state index in [2.05, 4.69) is 10.0 Å². The van der Waals surface area contributed by atoms with Crippen molar-refractivity contribution in [2.45, 2.75) is 17.4 Å². The summed E-state index contributed by atoms with van der Waals surface area (Å²) in [6, 6.07) is 12.2. The number of anilines is 1. The second-order valence-corrected chi connectivity index (χ2v) is 7.96. The Labute approximate surface area is 151 Å². The normalized spacial score (nSPS) is 12.6. The van der Waals surface area contributed by atoms with Crippen LogP contribution in [0.4, 0.5) is 10.1 Å². The number of carbonyl (C=O) groups excluding carboxylic acids is 1. The summed E-state index contributed by atoms with van der Waals surface area (Å²) in [5, 5.41) is 2.61. The molecule has 0 saturated carbocycles. The average molecular weight is 382 g/mol. The number of hydrogen-bond donors (Lipinski definition) is 2. The summed E-state index contributed by atoms with van der Waals surface area (Å²) in [5.41, 5.74) is 0.402. The third-order valence-electron chi connectivity index (χ3n) is 3.39. The van der Waals surface area contributed by atoms with Crippen LogP contribution in [-0.4, -0.2) is 32.4 Å². The highest BCUT2D eigenvalue weighted by Gasteiger charge is 2.25. The minimum absolute atomic E-state index is 0.0960. The van der Waals surface area contributed by atoms with Gasteiger partial charge in [-0.25, -0.2) is 12.8 Å². The first kappa shape index (κ1) is 19.4. The summed E-state index contributed by atoms with van der Waals surface area (Å²) in [6.07, 6.45) is 2.21. The van der Waals surface area contributed by atoms with Gasteiger partial charge in [0.25, 0.3) is 0 Å². The molecular formula is C17H19FN2O3S2. The molecule has 1 amide bonds. The first-order valence-corrected chi connectivity index (χ1v) is 10.4. The number of carbonyl (C=O) groups is 1. The van der Waals surface area contributed by atoms with Crippen molar-refractivity contribution in [1.82, 2.24) is 4.72 Å². The second kappa shape index (κ2) is 8.98. The van der Waals surface area contributed by atoms with Gasteiger partial charge in [0.1, 0.15) is 11.9 Å². The zero-order valence-electron chi connectivity index (χ0n) is 13.6. The van der Waals surface area contributed by atoms with Crippen LogP contribution < -0.4 is 10.0 Å². The highest BCUT2D eigenvalue weighted by atomic mass is 32.2. The van der Waals surface area contributed by atoms with Gasteiger partial charge in [-0.3, -0.25) is 4.79 Å². The van der Waals surface area contributed by atoms with E-state index >= 15 is 0 Å². The van der Waals surface area contributed by atoms with E-state index in [1.165, 1.54) is 48.2 Å². The van der Waals surface area contributed by atoms with Crippen LogP contribution in [-0.2, 0) is 14.8 Å². The molecule has 1 atom stereocenters. The molecule has 0 aliphatic carbocycles. The molecule has 2 rings (SSSR count). The Hall–Kier alpha value is -1.90. The van der Waals surface area contributed by atoms with E-state index in [9.17, 15) is 17.6 Å². The van der Waals surface area contributed by atoms with Crippen LogP contribution in [0, 0.1) is 5.82 Å². The molecule has 2 aromatic rings. The number of rotatable bonds is 8. The molecule has 0 unspecified atom stereocenters. The molecule has 0 heterocycles. The Morgan fingerprint density at radius 3 is 2.36 bits per heavy atom. The lowest BCUT2D eigenvalue weighted by Crippen LogP contribution is -2.44. The predicted octanol–water partition coefficient (Wildman–Crippen LogP) is 2.86. The Morgan fingerprint density at radius 2 is 1.76 bits per heavy atom. The van der Waals surface area contributed by atoms with Gasteiger partial charge in [-0.05, 0) is 54.8 Å². The van der Waals surface area contributed by atoms with Gasteiger partial charge in [-0.15, -0.1) is 0 Å². The molecule has 2 aromatic carbocycles. The summed E-state index contributed by atoms with van der Waals surface area (Å²) < 4.78 is 40.3. The molecule has 8 heteroatoms. The highest BCUT2D eigenvalue weighted by molar-refractivity contribution is 7.98. The molecular weight excluding hydrogens is 363 g/mol. The van der Waals surface area contributed by atoms with Crippen LogP contribution in [0.15, 0.2) is 59.5 Å². The van der Waals surface area contributed by atoms with Gasteiger partial charge in [0.2, 0.25) is 15.9 Å². The lowest BCUT2D eigenvalue weighted by molar-refractivity contribution is -0.117. The van der Waals surface area contributed by atoms with Crippen LogP contribution in [0.5, 0.6) is 0 Å². The molecule has 25 heavy (non-hydrogen) atoms. The molecule has 2 N–H and O–H groups in total. The molecule has 134 valence electrons. The zero-order chi connectivity index (χ0) is 18.3. The largest absolute Gasteiger partial charge is 0.325 e. The number of amides is 1. The molecule has 0 saturated heterocycles. The van der Waals surface area contributed by atoms with Gasteiger partial charge in [0.15, 0.2) is 0 Å². The number of nitrogens with one attached hydrogen (secondary N) is 2. The van der Waals surface area contributed by atoms with Crippen molar-refractivity contribution in [3.8, 4) is 0 Å². The minimum Gasteiger partial charge on any atom is -0.325 e. The van der Waals surface area contributed by atoms with Crippen LogP contribution in [0.1, 0.15) is 6.42 Å². The first-order chi connectivity index (χ1) is 11.9. The molecule has 0 aliphatic heterocycles. The van der Waals surface area contributed by atoms with Crippen LogP contribution in [0.2, 0.25) is 0 Å². The maximum Gasteiger partial charge on any atom is 0.242 e. The number of halogens is 1. The van der Waals surface area contributed by atoms with Gasteiger partial charge >= 0.3 is 0 Å². The summed E-state index contributed by atoms with van der Waals surface area (Å²) in [7, 11) is -3.81. The molecule has 0 bridgehead atoms. The quantitative estimate of drug-likeness (QED) is 0.736. The van der Waals surface area contributed by atoms with Gasteiger partial charge < -0.3 is 5.32 Å². The number of sulfonamides is 1. The van der Waals surface area contributed by atoms with E-state index in [-0.39, 0.29) is 4.90 Å². The van der Waals surface area contributed by atoms with Crippen molar-refractivity contribution >= 4 is 33.4 Å². The van der Waals surface area contributed by atoms with Crippen LogP contribution in [0.3, 0.4) is 0 Å². The van der Waals surface area contributed by atoms with Gasteiger partial charge in [0.05, 0.1) is 4.90 Å². The molecule has 0 spiro atoms. The van der Waals surface area contributed by atoms with Gasteiger partial charge in [-0.1, -0.05) is 18.2 Å². The van der Waals surface area contributed by atoms with Crippen molar-refractivity contribution in [3.05, 3.63) is 60.4 Å². The number of thioether (sulfide) groups is 1. The Kier molecular flexibility index (Phi) is 6.98. The Bertz CT molecular complexity index is 796. The fraction of sp³-hybridized carbons (Fsp3) is 0.235. The number of hydrogen-bond acceptors (Lipinski definition) is 4. The molecule has 0 aliphatic rings. The van der Waals surface area contributed by atoms with E-state index in [4.69, 9.17) is 0 Å². The summed E-state index contributed by atoms with van der Waals surface area (Å²) in [4.78, 5) is 12.6. The number of benzene rings is 2. The Morgan fingerprint density at radius 1 is 1.12 bits per heavy atom. The molecule has 5 nitrogen and oxygen atoms in total. The maximum absolute atomic E-state index is 13.0. The average Bonchev–Trinajstić information content (AvgIpc) is 2.61. The van der Waals surface area contributed by atoms with E-state index in [0.29, 0.717) is 17.9 Å². The lowest BCUT2D eigenvalue weighted by atomic mass is 10.2. The summed E-state index contributed by atoms with van der Waals surface area (Å²) in [6.45, 7) is 0. The smallest absolute Gasteiger partial charge is 0.242 e. The van der Waals surface area contributed by atoms with Crippen LogP contribution >= 0.6 is 11.8 Å². The topological polar surface area (TPSA) is 75.3 Å². The SMILES string of the molecule is CSCC[C@@H](NS(=O)(=O)c1ccccc1)C(=O)Nc1ccc(F)cc1. The fourth-order valence-electron chi connectivity index (χ4n) is 2.10. The van der Waals surface area contributed by atoms with Crippen molar-refractivity contribution in [2.24, 2.45) is 0 Å². The standard InChI is InChI=1S/C17H19FN2O3S2/c1-24-12-11-16(17(21)19-14-9-7-13(18)8-10-14)20-25(22,23)15-5-3-2-4-6-15/h2-10,16,20H,11-12H2,1H3,(H,19,21)/t16-/m1/s1. The van der Waals surface area contributed by atoms with E-state index in [1.54, 1.807) is 18.2 Å².